The Balaban J connectivity index is 1.35. The van der Waals surface area contributed by atoms with Crippen molar-refractivity contribution in [3.05, 3.63) is 48.0 Å². The fourth-order valence-electron chi connectivity index (χ4n) is 3.24. The highest BCUT2D eigenvalue weighted by atomic mass is 16.5. The lowest BCUT2D eigenvalue weighted by atomic mass is 10.2. The number of fused-ring (bicyclic) bond motifs is 1. The van der Waals surface area contributed by atoms with Crippen molar-refractivity contribution in [2.45, 2.75) is 26.4 Å². The van der Waals surface area contributed by atoms with Crippen LogP contribution >= 0.6 is 0 Å². The normalized spacial score (nSPS) is 18.2. The molecule has 1 atom stereocenters. The molecular formula is C17H22N6O. The van der Waals surface area contributed by atoms with Crippen molar-refractivity contribution in [3.8, 4) is 0 Å². The molecule has 126 valence electrons. The Labute approximate surface area is 140 Å². The molecule has 1 aliphatic rings. The molecule has 0 bridgehead atoms. The topological polar surface area (TPSA) is 62.7 Å². The van der Waals surface area contributed by atoms with Gasteiger partial charge in [-0.15, -0.1) is 0 Å². The molecule has 3 aromatic heterocycles. The Kier molecular flexibility index (Phi) is 4.03. The van der Waals surface area contributed by atoms with Gasteiger partial charge in [-0.3, -0.25) is 9.80 Å². The molecule has 1 fully saturated rings. The van der Waals surface area contributed by atoms with Gasteiger partial charge >= 0.3 is 0 Å². The second-order valence-electron chi connectivity index (χ2n) is 6.37. The van der Waals surface area contributed by atoms with Crippen molar-refractivity contribution in [1.29, 1.82) is 0 Å². The highest BCUT2D eigenvalue weighted by molar-refractivity contribution is 5.39. The number of pyridine rings is 1. The van der Waals surface area contributed by atoms with Gasteiger partial charge in [-0.05, 0) is 26.0 Å². The highest BCUT2D eigenvalue weighted by Crippen LogP contribution is 2.20. The van der Waals surface area contributed by atoms with E-state index < -0.39 is 0 Å². The molecule has 1 aliphatic heterocycles. The molecule has 1 saturated heterocycles. The quantitative estimate of drug-likeness (QED) is 0.730. The van der Waals surface area contributed by atoms with Crippen LogP contribution in [0.4, 0.5) is 0 Å². The minimum absolute atomic E-state index is 0.170. The Hall–Kier alpha value is -2.25. The number of nitrogens with zero attached hydrogens (tertiary/aromatic N) is 6. The van der Waals surface area contributed by atoms with Crippen molar-refractivity contribution in [2.24, 2.45) is 0 Å². The average Bonchev–Trinajstić information content (AvgIpc) is 3.20. The summed E-state index contributed by atoms with van der Waals surface area (Å²) in [7, 11) is 0. The van der Waals surface area contributed by atoms with E-state index in [0.29, 0.717) is 11.7 Å². The summed E-state index contributed by atoms with van der Waals surface area (Å²) in [6.07, 6.45) is 4.16. The fourth-order valence-corrected chi connectivity index (χ4v) is 3.24. The molecule has 0 aromatic carbocycles. The van der Waals surface area contributed by atoms with Gasteiger partial charge < -0.3 is 8.92 Å². The molecule has 1 unspecified atom stereocenters. The Morgan fingerprint density at radius 1 is 1.17 bits per heavy atom. The van der Waals surface area contributed by atoms with Crippen molar-refractivity contribution < 1.29 is 4.52 Å². The van der Waals surface area contributed by atoms with Gasteiger partial charge in [0.15, 0.2) is 5.82 Å². The molecule has 0 aliphatic carbocycles. The van der Waals surface area contributed by atoms with Crippen molar-refractivity contribution in [3.63, 3.8) is 0 Å². The molecule has 0 amide bonds. The van der Waals surface area contributed by atoms with Crippen molar-refractivity contribution in [1.82, 2.24) is 29.3 Å². The highest BCUT2D eigenvalue weighted by Gasteiger charge is 2.25. The van der Waals surface area contributed by atoms with Crippen LogP contribution in [0, 0.1) is 6.92 Å². The third-order valence-corrected chi connectivity index (χ3v) is 4.65. The Morgan fingerprint density at radius 3 is 2.71 bits per heavy atom. The fraction of sp³-hybridized carbons (Fsp3) is 0.471. The molecule has 0 N–H and O–H groups in total. The first-order valence-corrected chi connectivity index (χ1v) is 8.38. The van der Waals surface area contributed by atoms with Gasteiger partial charge in [0.2, 0.25) is 5.89 Å². The van der Waals surface area contributed by atoms with E-state index in [9.17, 15) is 0 Å². The van der Waals surface area contributed by atoms with Crippen LogP contribution in [0.2, 0.25) is 0 Å². The van der Waals surface area contributed by atoms with Gasteiger partial charge in [0.25, 0.3) is 0 Å². The monoisotopic (exact) mass is 326 g/mol. The van der Waals surface area contributed by atoms with Gasteiger partial charge in [-0.1, -0.05) is 11.2 Å². The second-order valence-corrected chi connectivity index (χ2v) is 6.37. The zero-order chi connectivity index (χ0) is 16.5. The summed E-state index contributed by atoms with van der Waals surface area (Å²) in [5, 5.41) is 3.89. The molecule has 4 heterocycles. The zero-order valence-corrected chi connectivity index (χ0v) is 14.1. The summed E-state index contributed by atoms with van der Waals surface area (Å²) >= 11 is 0. The van der Waals surface area contributed by atoms with E-state index in [1.165, 1.54) is 0 Å². The average molecular weight is 326 g/mol. The second kappa shape index (κ2) is 6.33. The van der Waals surface area contributed by atoms with Gasteiger partial charge in [0.05, 0.1) is 11.7 Å². The van der Waals surface area contributed by atoms with E-state index in [1.807, 2.05) is 31.3 Å². The number of imidazole rings is 1. The first kappa shape index (κ1) is 15.3. The summed E-state index contributed by atoms with van der Waals surface area (Å²) < 4.78 is 7.38. The van der Waals surface area contributed by atoms with Crippen LogP contribution in [-0.4, -0.2) is 55.5 Å². The van der Waals surface area contributed by atoms with Crippen LogP contribution in [0.1, 0.15) is 30.4 Å². The molecular weight excluding hydrogens is 304 g/mol. The Morgan fingerprint density at radius 2 is 2.00 bits per heavy atom. The lowest BCUT2D eigenvalue weighted by molar-refractivity contribution is 0.0839. The van der Waals surface area contributed by atoms with E-state index >= 15 is 0 Å². The molecule has 0 spiro atoms. The lowest BCUT2D eigenvalue weighted by Gasteiger charge is -2.36. The van der Waals surface area contributed by atoms with Crippen molar-refractivity contribution in [2.75, 3.05) is 26.2 Å². The summed E-state index contributed by atoms with van der Waals surface area (Å²) in [4.78, 5) is 13.9. The third kappa shape index (κ3) is 3.05. The van der Waals surface area contributed by atoms with E-state index in [0.717, 1.165) is 44.1 Å². The van der Waals surface area contributed by atoms with Gasteiger partial charge in [-0.2, -0.15) is 4.98 Å². The van der Waals surface area contributed by atoms with E-state index in [4.69, 9.17) is 4.52 Å². The summed E-state index contributed by atoms with van der Waals surface area (Å²) in [5.74, 6) is 1.41. The molecule has 4 rings (SSSR count). The van der Waals surface area contributed by atoms with Crippen LogP contribution in [0.5, 0.6) is 0 Å². The number of piperazine rings is 1. The van der Waals surface area contributed by atoms with Crippen LogP contribution in [-0.2, 0) is 6.54 Å². The molecule has 0 radical (unpaired) electrons. The minimum Gasteiger partial charge on any atom is -0.338 e. The smallest absolute Gasteiger partial charge is 0.243 e. The summed E-state index contributed by atoms with van der Waals surface area (Å²) in [6, 6.07) is 6.25. The van der Waals surface area contributed by atoms with Crippen LogP contribution < -0.4 is 0 Å². The van der Waals surface area contributed by atoms with Gasteiger partial charge in [0, 0.05) is 45.1 Å². The summed E-state index contributed by atoms with van der Waals surface area (Å²) in [6.45, 7) is 8.91. The lowest BCUT2D eigenvalue weighted by Crippen LogP contribution is -2.46. The zero-order valence-electron chi connectivity index (χ0n) is 14.1. The SMILES string of the molecule is Cc1noc(C(C)N2CCN(Cc3cn4ccccc4n3)CC2)n1. The molecule has 3 aromatic rings. The van der Waals surface area contributed by atoms with Gasteiger partial charge in [0.1, 0.15) is 5.65 Å². The Bertz CT molecular complexity index is 784. The minimum atomic E-state index is 0.170. The standard InChI is InChI=1S/C17H22N6O/c1-13(17-18-14(2)20-24-17)22-9-7-21(8-10-22)11-15-12-23-6-4-3-5-16(23)19-15/h3-6,12-13H,7-11H2,1-2H3. The van der Waals surface area contributed by atoms with Crippen LogP contribution in [0.15, 0.2) is 35.1 Å². The number of hydrogen-bond acceptors (Lipinski definition) is 6. The molecule has 0 saturated carbocycles. The van der Waals surface area contributed by atoms with Crippen molar-refractivity contribution >= 4 is 5.65 Å². The van der Waals surface area contributed by atoms with Crippen LogP contribution in [0.25, 0.3) is 5.65 Å². The maximum Gasteiger partial charge on any atom is 0.243 e. The van der Waals surface area contributed by atoms with Crippen LogP contribution in [0.3, 0.4) is 0 Å². The number of aromatic nitrogens is 4. The predicted molar refractivity (Wildman–Crippen MR) is 89.5 cm³/mol. The van der Waals surface area contributed by atoms with E-state index in [-0.39, 0.29) is 6.04 Å². The van der Waals surface area contributed by atoms with E-state index in [2.05, 4.69) is 42.4 Å². The molecule has 24 heavy (non-hydrogen) atoms. The number of rotatable bonds is 4. The number of hydrogen-bond donors (Lipinski definition) is 0. The van der Waals surface area contributed by atoms with Gasteiger partial charge in [-0.25, -0.2) is 4.98 Å². The maximum absolute atomic E-state index is 5.31. The maximum atomic E-state index is 5.31. The molecule has 7 heteroatoms. The summed E-state index contributed by atoms with van der Waals surface area (Å²) in [5.41, 5.74) is 2.13. The number of aryl methyl sites for hydroxylation is 1. The van der Waals surface area contributed by atoms with E-state index in [1.54, 1.807) is 0 Å². The third-order valence-electron chi connectivity index (χ3n) is 4.65. The molecule has 7 nitrogen and oxygen atoms in total. The largest absolute Gasteiger partial charge is 0.338 e. The first-order chi connectivity index (χ1) is 11.7. The predicted octanol–water partition coefficient (Wildman–Crippen LogP) is 1.90. The first-order valence-electron chi connectivity index (χ1n) is 8.38.